The van der Waals surface area contributed by atoms with E-state index < -0.39 is 0 Å². The van der Waals surface area contributed by atoms with Gasteiger partial charge in [-0.1, -0.05) is 12.8 Å². The molecule has 18 heavy (non-hydrogen) atoms. The van der Waals surface area contributed by atoms with Gasteiger partial charge in [-0.2, -0.15) is 5.10 Å². The van der Waals surface area contributed by atoms with Crippen molar-refractivity contribution in [3.8, 4) is 11.4 Å². The molecule has 0 aromatic carbocycles. The van der Waals surface area contributed by atoms with Gasteiger partial charge in [0.1, 0.15) is 0 Å². The molecule has 0 radical (unpaired) electrons. The third-order valence-electron chi connectivity index (χ3n) is 3.83. The molecule has 1 aliphatic carbocycles. The quantitative estimate of drug-likeness (QED) is 0.843. The summed E-state index contributed by atoms with van der Waals surface area (Å²) in [6, 6.07) is 3.94. The molecular weight excluding hydrogens is 244 g/mol. The Morgan fingerprint density at radius 1 is 1.28 bits per heavy atom. The van der Waals surface area contributed by atoms with Crippen molar-refractivity contribution >= 4 is 12.2 Å². The van der Waals surface area contributed by atoms with Crippen LogP contribution in [0, 0.1) is 4.77 Å². The van der Waals surface area contributed by atoms with Crippen LogP contribution in [0.15, 0.2) is 24.5 Å². The monoisotopic (exact) mass is 260 g/mol. The molecule has 0 unspecified atom stereocenters. The predicted octanol–water partition coefficient (Wildman–Crippen LogP) is 3.29. The smallest absolute Gasteiger partial charge is 0.195 e. The lowest BCUT2D eigenvalue weighted by Gasteiger charge is -2.27. The van der Waals surface area contributed by atoms with Gasteiger partial charge in [-0.05, 0) is 44.1 Å². The SMILES string of the molecule is CC1(n2c(-c3ccncc3)n[nH]c2=S)CCCC1. The molecule has 94 valence electrons. The highest BCUT2D eigenvalue weighted by Gasteiger charge is 2.33. The lowest BCUT2D eigenvalue weighted by Crippen LogP contribution is -2.27. The maximum atomic E-state index is 5.41. The molecule has 4 nitrogen and oxygen atoms in total. The van der Waals surface area contributed by atoms with E-state index in [2.05, 4.69) is 26.7 Å². The summed E-state index contributed by atoms with van der Waals surface area (Å²) in [6.07, 6.45) is 8.43. The Kier molecular flexibility index (Phi) is 2.78. The fourth-order valence-corrected chi connectivity index (χ4v) is 3.21. The lowest BCUT2D eigenvalue weighted by atomic mass is 10.00. The molecule has 2 heterocycles. The van der Waals surface area contributed by atoms with Crippen molar-refractivity contribution in [2.75, 3.05) is 0 Å². The molecule has 2 aromatic rings. The molecule has 5 heteroatoms. The first-order valence-electron chi connectivity index (χ1n) is 6.29. The van der Waals surface area contributed by atoms with Crippen LogP contribution in [-0.2, 0) is 5.54 Å². The average molecular weight is 260 g/mol. The lowest BCUT2D eigenvalue weighted by molar-refractivity contribution is 0.328. The van der Waals surface area contributed by atoms with Gasteiger partial charge in [-0.3, -0.25) is 14.6 Å². The Hall–Kier alpha value is -1.49. The van der Waals surface area contributed by atoms with Gasteiger partial charge in [-0.15, -0.1) is 0 Å². The first-order valence-corrected chi connectivity index (χ1v) is 6.70. The van der Waals surface area contributed by atoms with Crippen LogP contribution < -0.4 is 0 Å². The van der Waals surface area contributed by atoms with Crippen LogP contribution >= 0.6 is 12.2 Å². The average Bonchev–Trinajstić information content (AvgIpc) is 2.98. The van der Waals surface area contributed by atoms with Crippen molar-refractivity contribution in [3.05, 3.63) is 29.3 Å². The molecular formula is C13H16N4S. The Bertz CT molecular complexity index is 593. The van der Waals surface area contributed by atoms with Crippen LogP contribution in [0.25, 0.3) is 11.4 Å². The second-order valence-corrected chi connectivity index (χ2v) is 5.51. The van der Waals surface area contributed by atoms with E-state index >= 15 is 0 Å². The topological polar surface area (TPSA) is 46.5 Å². The van der Waals surface area contributed by atoms with Gasteiger partial charge in [-0.25, -0.2) is 0 Å². The summed E-state index contributed by atoms with van der Waals surface area (Å²) in [5.74, 6) is 0.923. The number of aromatic amines is 1. The minimum atomic E-state index is 0.0999. The second kappa shape index (κ2) is 4.31. The predicted molar refractivity (Wildman–Crippen MR) is 72.8 cm³/mol. The Morgan fingerprint density at radius 2 is 1.94 bits per heavy atom. The molecule has 1 saturated carbocycles. The highest BCUT2D eigenvalue weighted by molar-refractivity contribution is 7.71. The Morgan fingerprint density at radius 3 is 2.61 bits per heavy atom. The van der Waals surface area contributed by atoms with Crippen molar-refractivity contribution in [2.45, 2.75) is 38.1 Å². The summed E-state index contributed by atoms with van der Waals surface area (Å²) in [5, 5.41) is 7.33. The number of nitrogens with zero attached hydrogens (tertiary/aromatic N) is 3. The number of hydrogen-bond acceptors (Lipinski definition) is 3. The number of nitrogens with one attached hydrogen (secondary N) is 1. The van der Waals surface area contributed by atoms with Crippen LogP contribution in [0.2, 0.25) is 0 Å². The minimum Gasteiger partial charge on any atom is -0.294 e. The summed E-state index contributed by atoms with van der Waals surface area (Å²) in [6.45, 7) is 2.27. The zero-order chi connectivity index (χ0) is 12.6. The molecule has 1 fully saturated rings. The van der Waals surface area contributed by atoms with Crippen molar-refractivity contribution in [1.82, 2.24) is 19.7 Å². The van der Waals surface area contributed by atoms with E-state index in [9.17, 15) is 0 Å². The highest BCUT2D eigenvalue weighted by Crippen LogP contribution is 2.38. The van der Waals surface area contributed by atoms with E-state index in [-0.39, 0.29) is 5.54 Å². The maximum Gasteiger partial charge on any atom is 0.195 e. The van der Waals surface area contributed by atoms with Crippen LogP contribution in [0.3, 0.4) is 0 Å². The third kappa shape index (κ3) is 1.79. The zero-order valence-electron chi connectivity index (χ0n) is 10.4. The summed E-state index contributed by atoms with van der Waals surface area (Å²) < 4.78 is 2.90. The van der Waals surface area contributed by atoms with Gasteiger partial charge in [0.05, 0.1) is 0 Å². The molecule has 1 N–H and O–H groups in total. The van der Waals surface area contributed by atoms with E-state index in [0.29, 0.717) is 4.77 Å². The Labute approximate surface area is 111 Å². The summed E-state index contributed by atoms with van der Waals surface area (Å²) in [7, 11) is 0. The van der Waals surface area contributed by atoms with Crippen molar-refractivity contribution in [2.24, 2.45) is 0 Å². The first kappa shape index (κ1) is 11.6. The fourth-order valence-electron chi connectivity index (χ4n) is 2.85. The largest absolute Gasteiger partial charge is 0.294 e. The fraction of sp³-hybridized carbons (Fsp3) is 0.462. The van der Waals surface area contributed by atoms with Gasteiger partial charge in [0.15, 0.2) is 10.6 Å². The number of hydrogen-bond donors (Lipinski definition) is 1. The third-order valence-corrected chi connectivity index (χ3v) is 4.11. The van der Waals surface area contributed by atoms with Gasteiger partial charge in [0.25, 0.3) is 0 Å². The molecule has 1 aliphatic rings. The normalized spacial score (nSPS) is 18.1. The van der Waals surface area contributed by atoms with Crippen LogP contribution in [0.4, 0.5) is 0 Å². The van der Waals surface area contributed by atoms with Crippen LogP contribution in [0.1, 0.15) is 32.6 Å². The molecule has 0 atom stereocenters. The molecule has 0 aliphatic heterocycles. The number of pyridine rings is 1. The van der Waals surface area contributed by atoms with E-state index in [4.69, 9.17) is 12.2 Å². The number of H-pyrrole nitrogens is 1. The highest BCUT2D eigenvalue weighted by atomic mass is 32.1. The summed E-state index contributed by atoms with van der Waals surface area (Å²) in [5.41, 5.74) is 1.16. The molecule has 0 spiro atoms. The molecule has 2 aromatic heterocycles. The molecule has 3 rings (SSSR count). The first-order chi connectivity index (χ1) is 8.71. The van der Waals surface area contributed by atoms with Crippen molar-refractivity contribution in [1.29, 1.82) is 0 Å². The second-order valence-electron chi connectivity index (χ2n) is 5.13. The van der Waals surface area contributed by atoms with Crippen LogP contribution in [0.5, 0.6) is 0 Å². The summed E-state index contributed by atoms with van der Waals surface area (Å²) >= 11 is 5.41. The molecule has 0 amide bonds. The van der Waals surface area contributed by atoms with E-state index in [1.54, 1.807) is 12.4 Å². The molecule has 0 bridgehead atoms. The molecule has 0 saturated heterocycles. The van der Waals surface area contributed by atoms with E-state index in [0.717, 1.165) is 11.4 Å². The van der Waals surface area contributed by atoms with Gasteiger partial charge < -0.3 is 0 Å². The number of aromatic nitrogens is 4. The Balaban J connectivity index is 2.16. The summed E-state index contributed by atoms with van der Waals surface area (Å²) in [4.78, 5) is 4.05. The maximum absolute atomic E-state index is 5.41. The van der Waals surface area contributed by atoms with E-state index in [1.807, 2.05) is 12.1 Å². The van der Waals surface area contributed by atoms with Crippen molar-refractivity contribution < 1.29 is 0 Å². The van der Waals surface area contributed by atoms with Gasteiger partial charge >= 0.3 is 0 Å². The van der Waals surface area contributed by atoms with Crippen molar-refractivity contribution in [3.63, 3.8) is 0 Å². The van der Waals surface area contributed by atoms with E-state index in [1.165, 1.54) is 25.7 Å². The number of rotatable bonds is 2. The van der Waals surface area contributed by atoms with Crippen LogP contribution in [-0.4, -0.2) is 19.7 Å². The van der Waals surface area contributed by atoms with Gasteiger partial charge in [0.2, 0.25) is 0 Å². The van der Waals surface area contributed by atoms with Gasteiger partial charge in [0, 0.05) is 23.5 Å². The standard InChI is InChI=1S/C13H16N4S/c1-13(6-2-3-7-13)17-11(15-16-12(17)18)10-4-8-14-9-5-10/h4-5,8-9H,2-3,6-7H2,1H3,(H,16,18). The zero-order valence-corrected chi connectivity index (χ0v) is 11.2. The minimum absolute atomic E-state index is 0.0999.